The lowest BCUT2D eigenvalue weighted by Gasteiger charge is -2.15. The first kappa shape index (κ1) is 14.9. The molecular formula is C16H23NO3. The van der Waals surface area contributed by atoms with Crippen LogP contribution in [-0.4, -0.2) is 38.0 Å². The molecule has 0 saturated carbocycles. The Labute approximate surface area is 120 Å². The van der Waals surface area contributed by atoms with E-state index in [1.165, 1.54) is 0 Å². The highest BCUT2D eigenvalue weighted by Gasteiger charge is 2.33. The Morgan fingerprint density at radius 3 is 2.85 bits per heavy atom. The largest absolute Gasteiger partial charge is 0.493 e. The molecule has 110 valence electrons. The molecule has 2 N–H and O–H groups in total. The molecule has 2 atom stereocenters. The first-order valence-corrected chi connectivity index (χ1v) is 6.95. The van der Waals surface area contributed by atoms with Crippen molar-refractivity contribution >= 4 is 5.57 Å². The molecule has 4 heteroatoms. The van der Waals surface area contributed by atoms with Crippen LogP contribution in [0.15, 0.2) is 18.2 Å². The van der Waals surface area contributed by atoms with Crippen LogP contribution in [0.25, 0.3) is 5.57 Å². The number of aliphatic hydroxyl groups excluding tert-OH is 1. The standard InChI is InChI=1S/C16H23NO3/c1-10-5-6-13(19-4)16-15(10)12(7-8-17-3)14(20-16)9-11(2)18/h5-7,11,14,17-18H,8-9H2,1-4H3/b12-7-. The minimum absolute atomic E-state index is 0.117. The molecule has 0 aromatic heterocycles. The fourth-order valence-electron chi connectivity index (χ4n) is 2.60. The van der Waals surface area contributed by atoms with E-state index >= 15 is 0 Å². The highest BCUT2D eigenvalue weighted by atomic mass is 16.5. The molecule has 2 unspecified atom stereocenters. The van der Waals surface area contributed by atoms with Gasteiger partial charge in [0.1, 0.15) is 6.10 Å². The third kappa shape index (κ3) is 2.81. The van der Waals surface area contributed by atoms with Gasteiger partial charge in [-0.05, 0) is 32.5 Å². The van der Waals surface area contributed by atoms with Gasteiger partial charge in [-0.1, -0.05) is 12.1 Å². The topological polar surface area (TPSA) is 50.7 Å². The number of hydrogen-bond donors (Lipinski definition) is 2. The molecule has 1 heterocycles. The number of nitrogens with one attached hydrogen (secondary N) is 1. The molecule has 0 aliphatic carbocycles. The highest BCUT2D eigenvalue weighted by molar-refractivity contribution is 5.81. The summed E-state index contributed by atoms with van der Waals surface area (Å²) in [6.45, 7) is 4.62. The Morgan fingerprint density at radius 2 is 2.25 bits per heavy atom. The zero-order valence-electron chi connectivity index (χ0n) is 12.6. The Morgan fingerprint density at radius 1 is 1.50 bits per heavy atom. The van der Waals surface area contributed by atoms with E-state index in [9.17, 15) is 5.11 Å². The normalized spacial score (nSPS) is 20.6. The van der Waals surface area contributed by atoms with Crippen molar-refractivity contribution in [1.29, 1.82) is 0 Å². The summed E-state index contributed by atoms with van der Waals surface area (Å²) in [4.78, 5) is 0. The first-order valence-electron chi connectivity index (χ1n) is 6.95. The highest BCUT2D eigenvalue weighted by Crippen LogP contribution is 2.46. The molecule has 0 fully saturated rings. The van der Waals surface area contributed by atoms with Crippen molar-refractivity contribution in [3.8, 4) is 11.5 Å². The Balaban J connectivity index is 2.46. The molecule has 1 aromatic carbocycles. The minimum atomic E-state index is -0.404. The van der Waals surface area contributed by atoms with Crippen LogP contribution in [-0.2, 0) is 0 Å². The van der Waals surface area contributed by atoms with Gasteiger partial charge in [0, 0.05) is 24.1 Å². The van der Waals surface area contributed by atoms with Crippen LogP contribution in [0, 0.1) is 6.92 Å². The second-order valence-electron chi connectivity index (χ2n) is 5.20. The predicted octanol–water partition coefficient (Wildman–Crippen LogP) is 2.14. The van der Waals surface area contributed by atoms with Crippen molar-refractivity contribution in [3.63, 3.8) is 0 Å². The van der Waals surface area contributed by atoms with Gasteiger partial charge in [0.25, 0.3) is 0 Å². The lowest BCUT2D eigenvalue weighted by Crippen LogP contribution is -2.20. The molecular weight excluding hydrogens is 254 g/mol. The Hall–Kier alpha value is -1.52. The molecule has 0 amide bonds. The van der Waals surface area contributed by atoms with E-state index in [1.807, 2.05) is 19.2 Å². The van der Waals surface area contributed by atoms with Crippen molar-refractivity contribution in [2.24, 2.45) is 0 Å². The monoisotopic (exact) mass is 277 g/mol. The van der Waals surface area contributed by atoms with Crippen molar-refractivity contribution in [2.75, 3.05) is 20.7 Å². The summed E-state index contributed by atoms with van der Waals surface area (Å²) in [6.07, 6.45) is 2.19. The van der Waals surface area contributed by atoms with E-state index in [0.29, 0.717) is 6.42 Å². The lowest BCUT2D eigenvalue weighted by molar-refractivity contribution is 0.136. The first-order chi connectivity index (χ1) is 9.58. The van der Waals surface area contributed by atoms with Crippen molar-refractivity contribution in [3.05, 3.63) is 29.3 Å². The van der Waals surface area contributed by atoms with E-state index < -0.39 is 6.10 Å². The van der Waals surface area contributed by atoms with Crippen LogP contribution in [0.3, 0.4) is 0 Å². The second kappa shape index (κ2) is 6.29. The molecule has 0 spiro atoms. The smallest absolute Gasteiger partial charge is 0.169 e. The van der Waals surface area contributed by atoms with Crippen LogP contribution < -0.4 is 14.8 Å². The molecule has 1 aliphatic heterocycles. The van der Waals surface area contributed by atoms with Gasteiger partial charge in [0.15, 0.2) is 11.5 Å². The lowest BCUT2D eigenvalue weighted by atomic mass is 9.95. The average Bonchev–Trinajstić information content (AvgIpc) is 2.75. The molecule has 2 rings (SSSR count). The maximum Gasteiger partial charge on any atom is 0.169 e. The SMILES string of the molecule is CNC/C=C1\c2c(C)ccc(OC)c2OC1CC(C)O. The molecule has 0 bridgehead atoms. The number of benzene rings is 1. The third-order valence-electron chi connectivity index (χ3n) is 3.53. The van der Waals surface area contributed by atoms with Crippen LogP contribution in [0.5, 0.6) is 11.5 Å². The number of methoxy groups -OCH3 is 1. The summed E-state index contributed by atoms with van der Waals surface area (Å²) in [5.74, 6) is 1.54. The van der Waals surface area contributed by atoms with Crippen molar-refractivity contribution in [1.82, 2.24) is 5.32 Å². The second-order valence-corrected chi connectivity index (χ2v) is 5.20. The number of hydrogen-bond acceptors (Lipinski definition) is 4. The maximum atomic E-state index is 9.68. The third-order valence-corrected chi connectivity index (χ3v) is 3.53. The summed E-state index contributed by atoms with van der Waals surface area (Å²) in [5.41, 5.74) is 3.40. The summed E-state index contributed by atoms with van der Waals surface area (Å²) in [6, 6.07) is 3.97. The summed E-state index contributed by atoms with van der Waals surface area (Å²) >= 11 is 0. The van der Waals surface area contributed by atoms with E-state index in [-0.39, 0.29) is 6.10 Å². The summed E-state index contributed by atoms with van der Waals surface area (Å²) in [5, 5.41) is 12.8. The van der Waals surface area contributed by atoms with Gasteiger partial charge in [-0.25, -0.2) is 0 Å². The molecule has 4 nitrogen and oxygen atoms in total. The quantitative estimate of drug-likeness (QED) is 0.866. The molecule has 0 saturated heterocycles. The van der Waals surface area contributed by atoms with Crippen LogP contribution >= 0.6 is 0 Å². The number of ether oxygens (including phenoxy) is 2. The number of likely N-dealkylation sites (N-methyl/N-ethyl adjacent to an activating group) is 1. The fourth-order valence-corrected chi connectivity index (χ4v) is 2.60. The van der Waals surface area contributed by atoms with Gasteiger partial charge in [-0.15, -0.1) is 0 Å². The minimum Gasteiger partial charge on any atom is -0.493 e. The van der Waals surface area contributed by atoms with Gasteiger partial charge >= 0.3 is 0 Å². The Bertz CT molecular complexity index is 509. The van der Waals surface area contributed by atoms with E-state index in [0.717, 1.165) is 34.7 Å². The summed E-state index contributed by atoms with van der Waals surface area (Å²) in [7, 11) is 3.56. The van der Waals surface area contributed by atoms with E-state index in [4.69, 9.17) is 9.47 Å². The van der Waals surface area contributed by atoms with Gasteiger partial charge in [0.2, 0.25) is 0 Å². The van der Waals surface area contributed by atoms with E-state index in [2.05, 4.69) is 18.3 Å². The molecule has 0 radical (unpaired) electrons. The number of aryl methyl sites for hydroxylation is 1. The zero-order valence-corrected chi connectivity index (χ0v) is 12.6. The molecule has 1 aromatic rings. The van der Waals surface area contributed by atoms with Gasteiger partial charge in [0.05, 0.1) is 13.2 Å². The molecule has 1 aliphatic rings. The van der Waals surface area contributed by atoms with Crippen molar-refractivity contribution in [2.45, 2.75) is 32.5 Å². The Kier molecular flexibility index (Phi) is 4.68. The van der Waals surface area contributed by atoms with Crippen LogP contribution in [0.1, 0.15) is 24.5 Å². The van der Waals surface area contributed by atoms with Crippen LogP contribution in [0.4, 0.5) is 0 Å². The fraction of sp³-hybridized carbons (Fsp3) is 0.500. The van der Waals surface area contributed by atoms with E-state index in [1.54, 1.807) is 14.0 Å². The number of fused-ring (bicyclic) bond motifs is 1. The van der Waals surface area contributed by atoms with Gasteiger partial charge < -0.3 is 19.9 Å². The zero-order chi connectivity index (χ0) is 14.7. The summed E-state index contributed by atoms with van der Waals surface area (Å²) < 4.78 is 11.4. The van der Waals surface area contributed by atoms with Gasteiger partial charge in [-0.3, -0.25) is 0 Å². The number of aliphatic hydroxyl groups is 1. The van der Waals surface area contributed by atoms with Gasteiger partial charge in [-0.2, -0.15) is 0 Å². The number of rotatable bonds is 5. The molecule has 20 heavy (non-hydrogen) atoms. The predicted molar refractivity (Wildman–Crippen MR) is 80.3 cm³/mol. The maximum absolute atomic E-state index is 9.68. The van der Waals surface area contributed by atoms with Crippen LogP contribution in [0.2, 0.25) is 0 Å². The average molecular weight is 277 g/mol. The van der Waals surface area contributed by atoms with Crippen molar-refractivity contribution < 1.29 is 14.6 Å².